The molecule has 7 heteroatoms. The van der Waals surface area contributed by atoms with Crippen LogP contribution in [-0.4, -0.2) is 34.6 Å². The number of carbonyl (C=O) groups excluding carboxylic acids is 1. The van der Waals surface area contributed by atoms with E-state index < -0.39 is 15.4 Å². The second kappa shape index (κ2) is 8.55. The summed E-state index contributed by atoms with van der Waals surface area (Å²) in [5.41, 5.74) is 2.62. The van der Waals surface area contributed by atoms with Crippen LogP contribution >= 0.6 is 0 Å². The summed E-state index contributed by atoms with van der Waals surface area (Å²) >= 11 is 0. The summed E-state index contributed by atoms with van der Waals surface area (Å²) < 4.78 is 33.1. The second-order valence-electron chi connectivity index (χ2n) is 7.64. The minimum absolute atomic E-state index is 0.0252. The molecule has 0 radical (unpaired) electrons. The molecule has 1 fully saturated rings. The van der Waals surface area contributed by atoms with Crippen molar-refractivity contribution in [3.05, 3.63) is 59.2 Å². The van der Waals surface area contributed by atoms with Crippen molar-refractivity contribution in [1.82, 2.24) is 5.32 Å². The van der Waals surface area contributed by atoms with Crippen molar-refractivity contribution in [1.29, 1.82) is 0 Å². The zero-order valence-corrected chi connectivity index (χ0v) is 17.9. The molecule has 0 unspecified atom stereocenters. The van der Waals surface area contributed by atoms with Gasteiger partial charge in [-0.05, 0) is 62.4 Å². The summed E-state index contributed by atoms with van der Waals surface area (Å²) in [6.07, 6.45) is 2.38. The van der Waals surface area contributed by atoms with Gasteiger partial charge >= 0.3 is 0 Å². The van der Waals surface area contributed by atoms with Crippen LogP contribution < -0.4 is 10.0 Å². The zero-order chi connectivity index (χ0) is 21.1. The Morgan fingerprint density at radius 2 is 1.79 bits per heavy atom. The smallest absolute Gasteiger partial charge is 0.262 e. The molecule has 0 heterocycles. The van der Waals surface area contributed by atoms with Crippen molar-refractivity contribution in [3.63, 3.8) is 0 Å². The summed E-state index contributed by atoms with van der Waals surface area (Å²) in [5, 5.41) is 2.97. The normalized spacial score (nSPS) is 15.0. The van der Waals surface area contributed by atoms with Gasteiger partial charge in [0.25, 0.3) is 10.0 Å². The van der Waals surface area contributed by atoms with Gasteiger partial charge in [0.05, 0.1) is 10.3 Å². The average Bonchev–Trinajstić information content (AvgIpc) is 3.47. The Morgan fingerprint density at radius 1 is 1.10 bits per heavy atom. The van der Waals surface area contributed by atoms with E-state index in [4.69, 9.17) is 4.74 Å². The highest BCUT2D eigenvalue weighted by molar-refractivity contribution is 7.92. The lowest BCUT2D eigenvalue weighted by molar-refractivity contribution is -0.123. The van der Waals surface area contributed by atoms with Crippen LogP contribution in [0.25, 0.3) is 0 Å². The second-order valence-corrected chi connectivity index (χ2v) is 9.29. The van der Waals surface area contributed by atoms with E-state index in [0.717, 1.165) is 30.4 Å². The van der Waals surface area contributed by atoms with Crippen molar-refractivity contribution < 1.29 is 17.9 Å². The quantitative estimate of drug-likeness (QED) is 0.615. The van der Waals surface area contributed by atoms with Crippen LogP contribution in [0.3, 0.4) is 0 Å². The predicted molar refractivity (Wildman–Crippen MR) is 114 cm³/mol. The average molecular weight is 417 g/mol. The lowest BCUT2D eigenvalue weighted by atomic mass is 9.95. The van der Waals surface area contributed by atoms with Gasteiger partial charge in [0.1, 0.15) is 0 Å². The maximum atomic E-state index is 12.7. The number of methoxy groups -OCH3 is 1. The highest BCUT2D eigenvalue weighted by atomic mass is 32.2. The molecule has 3 rings (SSSR count). The summed E-state index contributed by atoms with van der Waals surface area (Å²) in [5.74, 6) is 0.0252. The van der Waals surface area contributed by atoms with E-state index in [-0.39, 0.29) is 10.8 Å². The topological polar surface area (TPSA) is 84.5 Å². The maximum absolute atomic E-state index is 12.7. The fourth-order valence-electron chi connectivity index (χ4n) is 3.53. The van der Waals surface area contributed by atoms with Gasteiger partial charge in [0.2, 0.25) is 5.91 Å². The summed E-state index contributed by atoms with van der Waals surface area (Å²) in [6, 6.07) is 12.4. The van der Waals surface area contributed by atoms with Crippen LogP contribution in [-0.2, 0) is 25.0 Å². The van der Waals surface area contributed by atoms with Crippen LogP contribution in [0.15, 0.2) is 47.4 Å². The number of benzene rings is 2. The molecule has 0 aliphatic heterocycles. The van der Waals surface area contributed by atoms with E-state index >= 15 is 0 Å². The Labute approximate surface area is 172 Å². The molecule has 0 atom stereocenters. The predicted octanol–water partition coefficient (Wildman–Crippen LogP) is 3.29. The summed E-state index contributed by atoms with van der Waals surface area (Å²) in [7, 11) is -2.03. The number of rotatable bonds is 9. The van der Waals surface area contributed by atoms with Gasteiger partial charge in [-0.2, -0.15) is 0 Å². The van der Waals surface area contributed by atoms with E-state index in [9.17, 15) is 13.2 Å². The molecule has 2 N–H and O–H groups in total. The third kappa shape index (κ3) is 4.79. The van der Waals surface area contributed by atoms with Crippen molar-refractivity contribution in [2.45, 2.75) is 43.4 Å². The number of aryl methyl sites for hydroxylation is 2. The van der Waals surface area contributed by atoms with Gasteiger partial charge in [-0.1, -0.05) is 29.8 Å². The van der Waals surface area contributed by atoms with Gasteiger partial charge in [-0.25, -0.2) is 8.42 Å². The van der Waals surface area contributed by atoms with Crippen molar-refractivity contribution in [2.24, 2.45) is 0 Å². The Hall–Kier alpha value is -2.38. The monoisotopic (exact) mass is 416 g/mol. The number of hydrogen-bond acceptors (Lipinski definition) is 4. The van der Waals surface area contributed by atoms with Gasteiger partial charge < -0.3 is 10.1 Å². The van der Waals surface area contributed by atoms with Crippen molar-refractivity contribution >= 4 is 21.6 Å². The summed E-state index contributed by atoms with van der Waals surface area (Å²) in [6.45, 7) is 4.91. The first kappa shape index (κ1) is 21.3. The van der Waals surface area contributed by atoms with E-state index in [1.807, 2.05) is 25.1 Å². The molecule has 2 aromatic carbocycles. The van der Waals surface area contributed by atoms with Gasteiger partial charge in [0, 0.05) is 25.9 Å². The molecule has 1 amide bonds. The number of carbonyl (C=O) groups is 1. The number of hydrogen-bond donors (Lipinski definition) is 2. The fraction of sp³-hybridized carbons (Fsp3) is 0.409. The first-order valence-corrected chi connectivity index (χ1v) is 11.2. The molecular weight excluding hydrogens is 388 g/mol. The summed E-state index contributed by atoms with van der Waals surface area (Å²) in [4.78, 5) is 12.9. The minimum atomic E-state index is -3.67. The van der Waals surface area contributed by atoms with Gasteiger partial charge in [0.15, 0.2) is 0 Å². The third-order valence-corrected chi connectivity index (χ3v) is 6.85. The van der Waals surface area contributed by atoms with Crippen LogP contribution in [0, 0.1) is 13.8 Å². The van der Waals surface area contributed by atoms with E-state index in [0.29, 0.717) is 24.4 Å². The first-order chi connectivity index (χ1) is 13.8. The molecule has 0 saturated heterocycles. The number of nitrogens with one attached hydrogen (secondary N) is 2. The van der Waals surface area contributed by atoms with Crippen LogP contribution in [0.2, 0.25) is 0 Å². The number of ether oxygens (including phenoxy) is 1. The maximum Gasteiger partial charge on any atom is 0.262 e. The first-order valence-electron chi connectivity index (χ1n) is 9.76. The highest BCUT2D eigenvalue weighted by Crippen LogP contribution is 2.48. The van der Waals surface area contributed by atoms with E-state index in [2.05, 4.69) is 10.0 Å². The molecule has 0 bridgehead atoms. The molecule has 1 saturated carbocycles. The number of anilines is 1. The molecule has 1 aliphatic rings. The van der Waals surface area contributed by atoms with Crippen molar-refractivity contribution in [3.8, 4) is 0 Å². The Morgan fingerprint density at radius 3 is 2.38 bits per heavy atom. The van der Waals surface area contributed by atoms with E-state index in [1.54, 1.807) is 38.3 Å². The third-order valence-electron chi connectivity index (χ3n) is 5.31. The standard InChI is InChI=1S/C22H28N2O4S/c1-16-5-10-20(17(2)15-16)29(26,27)24-19-8-6-18(7-9-19)22(11-12-22)21(25)23-13-4-14-28-3/h5-10,15,24H,4,11-14H2,1-3H3,(H,23,25). The molecule has 29 heavy (non-hydrogen) atoms. The Bertz CT molecular complexity index is 980. The van der Waals surface area contributed by atoms with E-state index in [1.165, 1.54) is 0 Å². The van der Waals surface area contributed by atoms with Crippen LogP contribution in [0.4, 0.5) is 5.69 Å². The molecule has 0 spiro atoms. The highest BCUT2D eigenvalue weighted by Gasteiger charge is 2.50. The fourth-order valence-corrected chi connectivity index (χ4v) is 4.81. The molecule has 1 aliphatic carbocycles. The van der Waals surface area contributed by atoms with Crippen molar-refractivity contribution in [2.75, 3.05) is 25.0 Å². The Balaban J connectivity index is 1.69. The lowest BCUT2D eigenvalue weighted by Gasteiger charge is -2.17. The Kier molecular flexibility index (Phi) is 6.29. The molecule has 6 nitrogen and oxygen atoms in total. The molecule has 156 valence electrons. The number of sulfonamides is 1. The van der Waals surface area contributed by atoms with Gasteiger partial charge in [-0.3, -0.25) is 9.52 Å². The molecule has 2 aromatic rings. The largest absolute Gasteiger partial charge is 0.385 e. The lowest BCUT2D eigenvalue weighted by Crippen LogP contribution is -2.35. The van der Waals surface area contributed by atoms with Crippen LogP contribution in [0.1, 0.15) is 36.0 Å². The zero-order valence-electron chi connectivity index (χ0n) is 17.1. The molecular formula is C22H28N2O4S. The van der Waals surface area contributed by atoms with Crippen LogP contribution in [0.5, 0.6) is 0 Å². The van der Waals surface area contributed by atoms with Gasteiger partial charge in [-0.15, -0.1) is 0 Å². The minimum Gasteiger partial charge on any atom is -0.385 e. The number of amides is 1. The SMILES string of the molecule is COCCCNC(=O)C1(c2ccc(NS(=O)(=O)c3ccc(C)cc3C)cc2)CC1. The molecule has 0 aromatic heterocycles.